The summed E-state index contributed by atoms with van der Waals surface area (Å²) in [4.78, 5) is 5.04. The van der Waals surface area contributed by atoms with Crippen LogP contribution in [-0.4, -0.2) is 97.0 Å². The average molecular weight is 741 g/mol. The molecule has 0 aliphatic carbocycles. The van der Waals surface area contributed by atoms with Crippen LogP contribution in [0.25, 0.3) is 0 Å². The van der Waals surface area contributed by atoms with E-state index in [1.54, 1.807) is 0 Å². The van der Waals surface area contributed by atoms with Crippen molar-refractivity contribution in [2.24, 2.45) is 0 Å². The van der Waals surface area contributed by atoms with Gasteiger partial charge in [0.15, 0.2) is 0 Å². The van der Waals surface area contributed by atoms with E-state index in [0.29, 0.717) is 11.0 Å². The number of fused-ring (bicyclic) bond motifs is 2. The third-order valence-electron chi connectivity index (χ3n) is 10.2. The predicted octanol–water partition coefficient (Wildman–Crippen LogP) is 9.64. The van der Waals surface area contributed by atoms with E-state index in [2.05, 4.69) is 113 Å². The summed E-state index contributed by atoms with van der Waals surface area (Å²) in [6, 6.07) is 14.0. The van der Waals surface area contributed by atoms with Crippen LogP contribution in [0.2, 0.25) is 0 Å². The third kappa shape index (κ3) is 12.1. The van der Waals surface area contributed by atoms with Crippen molar-refractivity contribution in [3.8, 4) is 0 Å². The fourth-order valence-electron chi connectivity index (χ4n) is 6.77. The molecule has 2 aromatic carbocycles. The van der Waals surface area contributed by atoms with Gasteiger partial charge in [-0.05, 0) is 78.3 Å². The van der Waals surface area contributed by atoms with Crippen molar-refractivity contribution in [1.29, 1.82) is 0 Å². The smallest absolute Gasteiger partial charge is 0.338 e. The molecule has 0 N–H and O–H groups in total. The number of benzene rings is 2. The highest BCUT2D eigenvalue weighted by atomic mass is 32.2. The van der Waals surface area contributed by atoms with Crippen LogP contribution in [0, 0.1) is 0 Å². The molecule has 0 radical (unpaired) electrons. The lowest BCUT2D eigenvalue weighted by Crippen LogP contribution is -2.42. The first-order valence-electron chi connectivity index (χ1n) is 18.8. The lowest BCUT2D eigenvalue weighted by Gasteiger charge is -2.42. The quantitative estimate of drug-likeness (QED) is 0.0660. The van der Waals surface area contributed by atoms with Gasteiger partial charge in [0.2, 0.25) is 0 Å². The topological polar surface area (TPSA) is 49.9 Å². The van der Waals surface area contributed by atoms with Crippen LogP contribution in [-0.2, 0) is 25.1 Å². The molecule has 2 aromatic rings. The van der Waals surface area contributed by atoms with Crippen LogP contribution >= 0.6 is 0 Å². The zero-order chi connectivity index (χ0) is 38.5. The van der Waals surface area contributed by atoms with Crippen LogP contribution in [0.1, 0.15) is 105 Å². The van der Waals surface area contributed by atoms with Crippen LogP contribution < -0.4 is 9.80 Å². The van der Waals surface area contributed by atoms with Crippen molar-refractivity contribution in [3.63, 3.8) is 0 Å². The highest BCUT2D eigenvalue weighted by molar-refractivity contribution is 7.87. The molecule has 0 atom stereocenters. The molecule has 0 aromatic heterocycles. The van der Waals surface area contributed by atoms with Gasteiger partial charge in [-0.15, -0.1) is 0 Å². The fraction of sp³-hybridized carbons (Fsp3) is 0.700. The van der Waals surface area contributed by atoms with Crippen molar-refractivity contribution in [2.75, 3.05) is 83.9 Å². The van der Waals surface area contributed by atoms with Gasteiger partial charge < -0.3 is 18.8 Å². The number of halogens is 3. The molecule has 0 unspecified atom stereocenters. The van der Waals surface area contributed by atoms with Gasteiger partial charge in [-0.25, -0.2) is 0 Å². The van der Waals surface area contributed by atoms with Crippen LogP contribution in [0.5, 0.6) is 0 Å². The summed E-state index contributed by atoms with van der Waals surface area (Å²) in [5, 5.41) is 0. The number of rotatable bonds is 18. The summed E-state index contributed by atoms with van der Waals surface area (Å²) >= 11 is 0. The number of anilines is 4. The molecule has 0 saturated heterocycles. The highest BCUT2D eigenvalue weighted by Gasteiger charge is 2.47. The molecule has 1 aliphatic heterocycles. The molecule has 11 heteroatoms. The third-order valence-corrected chi connectivity index (χ3v) is 11.2. The van der Waals surface area contributed by atoms with E-state index < -0.39 is 22.2 Å². The number of quaternary nitrogens is 2. The van der Waals surface area contributed by atoms with Crippen molar-refractivity contribution in [1.82, 2.24) is 0 Å². The summed E-state index contributed by atoms with van der Waals surface area (Å²) in [6.07, 6.45) is 6.79. The number of nitrogens with zero attached hydrogens (tertiary/aromatic N) is 4. The maximum Gasteiger partial charge on any atom is 0.523 e. The molecule has 1 heterocycles. The molecule has 51 heavy (non-hydrogen) atoms. The maximum absolute atomic E-state index is 12.6. The Morgan fingerprint density at radius 3 is 1.37 bits per heavy atom. The average Bonchev–Trinajstić information content (AvgIpc) is 3.01. The normalized spacial score (nSPS) is 14.5. The second-order valence-corrected chi connectivity index (χ2v) is 19.4. The largest absolute Gasteiger partial charge is 0.523 e. The molecular weight excluding hydrogens is 674 g/mol. The van der Waals surface area contributed by atoms with Crippen LogP contribution in [0.15, 0.2) is 36.4 Å². The highest BCUT2D eigenvalue weighted by Crippen LogP contribution is 2.50. The van der Waals surface area contributed by atoms with E-state index in [0.717, 1.165) is 43.4 Å². The number of unbranched alkanes of at least 4 members (excludes halogenated alkanes) is 3. The minimum atomic E-state index is -5.56. The van der Waals surface area contributed by atoms with E-state index in [1.807, 2.05) is 14.1 Å². The maximum atomic E-state index is 12.6. The van der Waals surface area contributed by atoms with Gasteiger partial charge in [0.25, 0.3) is 0 Å². The van der Waals surface area contributed by atoms with Gasteiger partial charge in [-0.3, -0.25) is 4.18 Å². The molecule has 0 amide bonds. The summed E-state index contributed by atoms with van der Waals surface area (Å²) in [5.41, 5.74) is 2.16. The Labute approximate surface area is 308 Å². The van der Waals surface area contributed by atoms with Gasteiger partial charge in [-0.1, -0.05) is 67.0 Å². The SMILES string of the molecule is CCCC[N+](C)(C)CCCCN1c2cc(C(C)(C)C)ccc2N(CCCC[N+](C)(C)CCCOS(=O)(=O)C(F)(F)F)c2cc(C(C)(C)C)ccc21. The summed E-state index contributed by atoms with van der Waals surface area (Å²) in [6.45, 7) is 20.8. The Bertz CT molecular complexity index is 1540. The van der Waals surface area contributed by atoms with Crippen molar-refractivity contribution in [2.45, 2.75) is 110 Å². The Morgan fingerprint density at radius 2 is 1.00 bits per heavy atom. The van der Waals surface area contributed by atoms with Gasteiger partial charge in [0.1, 0.15) is 0 Å². The lowest BCUT2D eigenvalue weighted by atomic mass is 9.85. The monoisotopic (exact) mass is 740 g/mol. The van der Waals surface area contributed by atoms with E-state index in [1.165, 1.54) is 66.2 Å². The Balaban J connectivity index is 1.83. The molecular formula is C40H67F3N4O3S+2. The first-order valence-corrected chi connectivity index (χ1v) is 20.2. The lowest BCUT2D eigenvalue weighted by molar-refractivity contribution is -0.890. The molecule has 0 fully saturated rings. The molecule has 0 spiro atoms. The Kier molecular flexibility index (Phi) is 14.2. The van der Waals surface area contributed by atoms with E-state index >= 15 is 0 Å². The molecule has 0 bridgehead atoms. The van der Waals surface area contributed by atoms with Crippen LogP contribution in [0.3, 0.4) is 0 Å². The van der Waals surface area contributed by atoms with E-state index in [4.69, 9.17) is 0 Å². The van der Waals surface area contributed by atoms with Crippen molar-refractivity contribution < 1.29 is 34.7 Å². The first kappa shape index (κ1) is 43.1. The number of hydrogen-bond acceptors (Lipinski definition) is 5. The standard InChI is InChI=1S/C40H67F3N4O3S/c1-12-13-25-46(8,9)26-16-14-23-44-34-21-19-33(39(5,6)7)31-37(34)45(35-22-20-32(30-36(35)44)38(2,3)4)24-15-17-27-47(10,11)28-18-29-50-51(48,49)40(41,42)43/h19-22,30-31H,12-18,23-29H2,1-11H3/q+2. The zero-order valence-electron chi connectivity index (χ0n) is 33.4. The van der Waals surface area contributed by atoms with E-state index in [-0.39, 0.29) is 17.3 Å². The minimum absolute atomic E-state index is 0.00542. The van der Waals surface area contributed by atoms with E-state index in [9.17, 15) is 21.6 Å². The van der Waals surface area contributed by atoms with Gasteiger partial charge >= 0.3 is 15.6 Å². The summed E-state index contributed by atoms with van der Waals surface area (Å²) in [5.74, 6) is 0. The van der Waals surface area contributed by atoms with Crippen LogP contribution in [0.4, 0.5) is 35.9 Å². The van der Waals surface area contributed by atoms with Gasteiger partial charge in [-0.2, -0.15) is 21.6 Å². The van der Waals surface area contributed by atoms with Gasteiger partial charge in [0, 0.05) is 19.5 Å². The summed E-state index contributed by atoms with van der Waals surface area (Å²) < 4.78 is 66.2. The molecule has 290 valence electrons. The Hall–Kier alpha value is -2.34. The molecule has 0 saturated carbocycles. The zero-order valence-corrected chi connectivity index (χ0v) is 34.2. The minimum Gasteiger partial charge on any atom is -0.338 e. The van der Waals surface area contributed by atoms with Crippen molar-refractivity contribution in [3.05, 3.63) is 47.5 Å². The molecule has 1 aliphatic rings. The predicted molar refractivity (Wildman–Crippen MR) is 207 cm³/mol. The second-order valence-electron chi connectivity index (χ2n) is 17.8. The number of alkyl halides is 3. The fourth-order valence-corrected chi connectivity index (χ4v) is 7.24. The Morgan fingerprint density at radius 1 is 0.608 bits per heavy atom. The van der Waals surface area contributed by atoms with Gasteiger partial charge in [0.05, 0.1) is 83.7 Å². The van der Waals surface area contributed by atoms with Crippen molar-refractivity contribution >= 4 is 32.9 Å². The second kappa shape index (κ2) is 16.8. The number of hydrogen-bond donors (Lipinski definition) is 0. The first-order chi connectivity index (χ1) is 23.4. The molecule has 7 nitrogen and oxygen atoms in total. The summed E-state index contributed by atoms with van der Waals surface area (Å²) in [7, 11) is 3.19. The molecule has 3 rings (SSSR count).